The van der Waals surface area contributed by atoms with Crippen LogP contribution in [0.25, 0.3) is 16.0 Å². The smallest absolute Gasteiger partial charge is 0.264 e. The summed E-state index contributed by atoms with van der Waals surface area (Å²) in [5, 5.41) is 9.40. The highest BCUT2D eigenvalue weighted by Crippen LogP contribution is 2.43. The molecule has 2 aliphatic carbocycles. The second kappa shape index (κ2) is 5.65. The van der Waals surface area contributed by atoms with Gasteiger partial charge in [-0.1, -0.05) is 33.6 Å². The summed E-state index contributed by atoms with van der Waals surface area (Å²) < 4.78 is 4.01. The van der Waals surface area contributed by atoms with E-state index in [1.54, 1.807) is 17.7 Å². The normalized spacial score (nSPS) is 21.7. The third-order valence-corrected chi connectivity index (χ3v) is 7.81. The van der Waals surface area contributed by atoms with E-state index in [1.165, 1.54) is 29.7 Å². The van der Waals surface area contributed by atoms with Crippen LogP contribution in [0.1, 0.15) is 69.4 Å². The SMILES string of the molecule is CC(C)(C)C1CCc2c(sc3c2c(=O)n(C2CCCC2)c2nncn32)C1. The molecule has 0 bridgehead atoms. The first-order valence-corrected chi connectivity index (χ1v) is 10.7. The molecule has 1 saturated carbocycles. The maximum absolute atomic E-state index is 13.5. The quantitative estimate of drug-likeness (QED) is 0.639. The molecule has 0 N–H and O–H groups in total. The molecule has 0 radical (unpaired) electrons. The van der Waals surface area contributed by atoms with E-state index in [-0.39, 0.29) is 11.6 Å². The monoisotopic (exact) mass is 370 g/mol. The van der Waals surface area contributed by atoms with E-state index in [1.807, 2.05) is 4.57 Å². The molecular weight excluding hydrogens is 344 g/mol. The summed E-state index contributed by atoms with van der Waals surface area (Å²) in [5.41, 5.74) is 1.78. The van der Waals surface area contributed by atoms with Crippen molar-refractivity contribution in [2.75, 3.05) is 0 Å². The van der Waals surface area contributed by atoms with Crippen molar-refractivity contribution in [1.82, 2.24) is 19.2 Å². The van der Waals surface area contributed by atoms with Gasteiger partial charge in [-0.25, -0.2) is 0 Å². The average Bonchev–Trinajstić information content (AvgIpc) is 3.32. The molecule has 1 atom stereocenters. The summed E-state index contributed by atoms with van der Waals surface area (Å²) in [6.45, 7) is 7.00. The summed E-state index contributed by atoms with van der Waals surface area (Å²) in [5.74, 6) is 1.40. The summed E-state index contributed by atoms with van der Waals surface area (Å²) in [6.07, 6.45) is 9.61. The van der Waals surface area contributed by atoms with Gasteiger partial charge in [0.15, 0.2) is 0 Å². The molecular formula is C20H26N4OS. The van der Waals surface area contributed by atoms with E-state index >= 15 is 0 Å². The molecule has 26 heavy (non-hydrogen) atoms. The van der Waals surface area contributed by atoms with Crippen LogP contribution in [0.5, 0.6) is 0 Å². The first-order valence-electron chi connectivity index (χ1n) is 9.83. The Morgan fingerprint density at radius 2 is 1.96 bits per heavy atom. The molecule has 1 fully saturated rings. The van der Waals surface area contributed by atoms with Gasteiger partial charge in [0.05, 0.1) is 5.39 Å². The van der Waals surface area contributed by atoms with Crippen molar-refractivity contribution in [3.8, 4) is 0 Å². The van der Waals surface area contributed by atoms with Gasteiger partial charge in [-0.2, -0.15) is 0 Å². The van der Waals surface area contributed by atoms with Crippen molar-refractivity contribution < 1.29 is 0 Å². The van der Waals surface area contributed by atoms with Gasteiger partial charge in [0.1, 0.15) is 11.2 Å². The maximum Gasteiger partial charge on any atom is 0.264 e. The molecule has 3 aromatic rings. The highest BCUT2D eigenvalue weighted by Gasteiger charge is 2.33. The van der Waals surface area contributed by atoms with Crippen molar-refractivity contribution in [3.05, 3.63) is 27.1 Å². The third-order valence-electron chi connectivity index (χ3n) is 6.56. The molecule has 0 aromatic carbocycles. The molecule has 5 rings (SSSR count). The average molecular weight is 371 g/mol. The van der Waals surface area contributed by atoms with Crippen molar-refractivity contribution in [3.63, 3.8) is 0 Å². The number of hydrogen-bond acceptors (Lipinski definition) is 4. The van der Waals surface area contributed by atoms with Crippen molar-refractivity contribution in [2.45, 2.75) is 71.8 Å². The molecule has 0 spiro atoms. The van der Waals surface area contributed by atoms with Crippen molar-refractivity contribution in [2.24, 2.45) is 11.3 Å². The fraction of sp³-hybridized carbons (Fsp3) is 0.650. The number of fused-ring (bicyclic) bond motifs is 5. The van der Waals surface area contributed by atoms with Crippen LogP contribution < -0.4 is 5.56 Å². The molecule has 138 valence electrons. The van der Waals surface area contributed by atoms with Gasteiger partial charge >= 0.3 is 0 Å². The van der Waals surface area contributed by atoms with Gasteiger partial charge in [0.25, 0.3) is 5.56 Å². The molecule has 0 saturated heterocycles. The van der Waals surface area contributed by atoms with Gasteiger partial charge in [0.2, 0.25) is 5.78 Å². The second-order valence-electron chi connectivity index (χ2n) is 9.10. The Morgan fingerprint density at radius 1 is 1.19 bits per heavy atom. The molecule has 3 aromatic heterocycles. The molecule has 0 amide bonds. The number of hydrogen-bond donors (Lipinski definition) is 0. The van der Waals surface area contributed by atoms with E-state index < -0.39 is 0 Å². The predicted octanol–water partition coefficient (Wildman–Crippen LogP) is 4.37. The lowest BCUT2D eigenvalue weighted by molar-refractivity contribution is 0.218. The summed E-state index contributed by atoms with van der Waals surface area (Å²) >= 11 is 1.79. The lowest BCUT2D eigenvalue weighted by atomic mass is 9.72. The van der Waals surface area contributed by atoms with E-state index in [0.717, 1.165) is 41.7 Å². The van der Waals surface area contributed by atoms with Gasteiger partial charge in [-0.05, 0) is 49.0 Å². The predicted molar refractivity (Wildman–Crippen MR) is 105 cm³/mol. The van der Waals surface area contributed by atoms with Crippen LogP contribution in [0.3, 0.4) is 0 Å². The molecule has 0 aliphatic heterocycles. The third kappa shape index (κ3) is 2.30. The summed E-state index contributed by atoms with van der Waals surface area (Å²) in [7, 11) is 0. The molecule has 2 aliphatic rings. The zero-order chi connectivity index (χ0) is 18.1. The largest absolute Gasteiger partial charge is 0.273 e. The summed E-state index contributed by atoms with van der Waals surface area (Å²) in [6, 6.07) is 0.278. The number of aryl methyl sites for hydroxylation is 1. The Hall–Kier alpha value is -1.69. The molecule has 5 nitrogen and oxygen atoms in total. The minimum atomic E-state index is 0.166. The molecule has 6 heteroatoms. The van der Waals surface area contributed by atoms with Crippen LogP contribution in [0.2, 0.25) is 0 Å². The van der Waals surface area contributed by atoms with Crippen LogP contribution in [0.15, 0.2) is 11.1 Å². The maximum atomic E-state index is 13.5. The zero-order valence-electron chi connectivity index (χ0n) is 15.8. The van der Waals surface area contributed by atoms with Crippen LogP contribution in [0, 0.1) is 11.3 Å². The minimum absolute atomic E-state index is 0.166. The number of aromatic nitrogens is 4. The van der Waals surface area contributed by atoms with Gasteiger partial charge in [-0.15, -0.1) is 21.5 Å². The summed E-state index contributed by atoms with van der Waals surface area (Å²) in [4.78, 5) is 16.0. The van der Waals surface area contributed by atoms with Gasteiger partial charge in [-0.3, -0.25) is 13.8 Å². The second-order valence-corrected chi connectivity index (χ2v) is 10.2. The lowest BCUT2D eigenvalue weighted by Crippen LogP contribution is -2.28. The van der Waals surface area contributed by atoms with Gasteiger partial charge < -0.3 is 0 Å². The molecule has 1 unspecified atom stereocenters. The van der Waals surface area contributed by atoms with Gasteiger partial charge in [0, 0.05) is 10.9 Å². The van der Waals surface area contributed by atoms with E-state index in [4.69, 9.17) is 0 Å². The van der Waals surface area contributed by atoms with Crippen LogP contribution in [0.4, 0.5) is 0 Å². The van der Waals surface area contributed by atoms with Crippen LogP contribution in [-0.2, 0) is 12.8 Å². The Bertz CT molecular complexity index is 1050. The first-order chi connectivity index (χ1) is 12.4. The minimum Gasteiger partial charge on any atom is -0.273 e. The highest BCUT2D eigenvalue weighted by atomic mass is 32.1. The Morgan fingerprint density at radius 3 is 2.69 bits per heavy atom. The van der Waals surface area contributed by atoms with Crippen LogP contribution >= 0.6 is 11.3 Å². The number of rotatable bonds is 1. The zero-order valence-corrected chi connectivity index (χ0v) is 16.6. The van der Waals surface area contributed by atoms with E-state index in [2.05, 4.69) is 35.4 Å². The number of nitrogens with zero attached hydrogens (tertiary/aromatic N) is 4. The first kappa shape index (κ1) is 16.5. The van der Waals surface area contributed by atoms with E-state index in [0.29, 0.717) is 11.3 Å². The van der Waals surface area contributed by atoms with Crippen LogP contribution in [-0.4, -0.2) is 19.2 Å². The van der Waals surface area contributed by atoms with Crippen molar-refractivity contribution >= 4 is 27.3 Å². The Kier molecular flexibility index (Phi) is 3.58. The Labute approximate surface area is 157 Å². The fourth-order valence-corrected chi connectivity index (χ4v) is 6.33. The topological polar surface area (TPSA) is 52.2 Å². The van der Waals surface area contributed by atoms with Crippen molar-refractivity contribution in [1.29, 1.82) is 0 Å². The van der Waals surface area contributed by atoms with E-state index in [9.17, 15) is 4.79 Å². The molecule has 3 heterocycles. The standard InChI is InChI=1S/C20H26N4OS/c1-20(2,3)12-8-9-14-15(10-12)26-18-16(14)17(25)24(13-6-4-5-7-13)19-22-21-11-23(18)19/h11-13H,4-10H2,1-3H3. The highest BCUT2D eigenvalue weighted by molar-refractivity contribution is 7.18. The number of thiophene rings is 1. The lowest BCUT2D eigenvalue weighted by Gasteiger charge is -2.33. The Balaban J connectivity index is 1.76. The fourth-order valence-electron chi connectivity index (χ4n) is 4.94.